The van der Waals surface area contributed by atoms with E-state index in [0.29, 0.717) is 29.1 Å². The topological polar surface area (TPSA) is 61.4 Å². The summed E-state index contributed by atoms with van der Waals surface area (Å²) in [6.07, 6.45) is 0.468. The van der Waals surface area contributed by atoms with E-state index in [9.17, 15) is 9.59 Å². The van der Waals surface area contributed by atoms with Gasteiger partial charge in [0.2, 0.25) is 0 Å². The molecule has 3 aromatic carbocycles. The monoisotopic (exact) mass is 449 g/mol. The van der Waals surface area contributed by atoms with Crippen LogP contribution in [0.25, 0.3) is 11.1 Å². The van der Waals surface area contributed by atoms with Gasteiger partial charge in [0.25, 0.3) is 0 Å². The molecule has 6 heteroatoms. The number of ether oxygens (including phenoxy) is 1. The molecule has 0 bridgehead atoms. The molecular weight excluding hydrogens is 426 g/mol. The number of halogens is 1. The summed E-state index contributed by atoms with van der Waals surface area (Å²) in [7, 11) is 0. The first-order chi connectivity index (χ1) is 15.2. The molecule has 1 heterocycles. The van der Waals surface area contributed by atoms with Crippen LogP contribution in [0.3, 0.4) is 0 Å². The number of hydrogen-bond donors (Lipinski definition) is 0. The van der Waals surface area contributed by atoms with Crippen molar-refractivity contribution in [3.8, 4) is 0 Å². The first kappa shape index (κ1) is 21.9. The van der Waals surface area contributed by atoms with Crippen LogP contribution >= 0.6 is 11.6 Å². The molecule has 4 aromatic rings. The largest absolute Gasteiger partial charge is 0.456 e. The summed E-state index contributed by atoms with van der Waals surface area (Å²) in [5, 5.41) is 0.467. The number of oxazole rings is 1. The Hall–Kier alpha value is -3.31. The van der Waals surface area contributed by atoms with Crippen LogP contribution in [0.4, 0.5) is 0 Å². The predicted molar refractivity (Wildman–Crippen MR) is 125 cm³/mol. The summed E-state index contributed by atoms with van der Waals surface area (Å²) in [5.41, 5.74) is 3.77. The molecule has 0 radical (unpaired) electrons. The van der Waals surface area contributed by atoms with E-state index in [1.807, 2.05) is 75.4 Å². The van der Waals surface area contributed by atoms with Crippen LogP contribution in [0, 0.1) is 0 Å². The van der Waals surface area contributed by atoms with Crippen molar-refractivity contribution in [2.24, 2.45) is 0 Å². The van der Waals surface area contributed by atoms with Crippen molar-refractivity contribution in [3.63, 3.8) is 0 Å². The summed E-state index contributed by atoms with van der Waals surface area (Å²) >= 11 is 6.14. The van der Waals surface area contributed by atoms with Crippen LogP contribution in [0.2, 0.25) is 5.02 Å². The number of nitrogens with zero attached hydrogens (tertiary/aromatic N) is 1. The summed E-state index contributed by atoms with van der Waals surface area (Å²) < 4.78 is 12.7. The molecule has 0 aliphatic rings. The molecule has 0 saturated heterocycles. The van der Waals surface area contributed by atoms with Gasteiger partial charge in [-0.2, -0.15) is 0 Å². The van der Waals surface area contributed by atoms with Crippen LogP contribution in [0.5, 0.6) is 0 Å². The van der Waals surface area contributed by atoms with Crippen molar-refractivity contribution in [1.29, 1.82) is 0 Å². The quantitative estimate of drug-likeness (QED) is 0.359. The minimum absolute atomic E-state index is 0.401. The van der Waals surface area contributed by atoms with E-state index in [2.05, 4.69) is 0 Å². The first-order valence-corrected chi connectivity index (χ1v) is 10.8. The molecule has 5 nitrogen and oxygen atoms in total. The summed E-state index contributed by atoms with van der Waals surface area (Å²) in [4.78, 5) is 25.2. The molecule has 0 saturated carbocycles. The molecule has 0 spiro atoms. The molecular formula is C26H24ClNO4. The fraction of sp³-hybridized carbons (Fsp3) is 0.231. The van der Waals surface area contributed by atoms with Crippen molar-refractivity contribution < 1.29 is 13.9 Å². The van der Waals surface area contributed by atoms with Crippen LogP contribution in [-0.4, -0.2) is 16.1 Å². The van der Waals surface area contributed by atoms with Crippen LogP contribution in [0.15, 0.2) is 75.9 Å². The molecule has 0 amide bonds. The summed E-state index contributed by atoms with van der Waals surface area (Å²) in [6.45, 7) is 5.91. The second kappa shape index (κ2) is 8.67. The van der Waals surface area contributed by atoms with Gasteiger partial charge in [0.15, 0.2) is 5.58 Å². The van der Waals surface area contributed by atoms with Crippen LogP contribution in [0.1, 0.15) is 47.8 Å². The Kier molecular flexibility index (Phi) is 5.94. The van der Waals surface area contributed by atoms with Crippen molar-refractivity contribution in [2.45, 2.75) is 39.3 Å². The summed E-state index contributed by atoms with van der Waals surface area (Å²) in [6, 6.07) is 20.6. The average Bonchev–Trinajstić information content (AvgIpc) is 3.03. The zero-order chi connectivity index (χ0) is 22.9. The Labute approximate surface area is 191 Å². The van der Waals surface area contributed by atoms with E-state index in [-0.39, 0.29) is 0 Å². The summed E-state index contributed by atoms with van der Waals surface area (Å²) in [5.74, 6) is -0.821. The zero-order valence-electron chi connectivity index (χ0n) is 18.2. The number of fused-ring (bicyclic) bond motifs is 1. The van der Waals surface area contributed by atoms with Gasteiger partial charge < -0.3 is 9.15 Å². The molecule has 0 aliphatic heterocycles. The predicted octanol–water partition coefficient (Wildman–Crippen LogP) is 5.84. The number of carbonyl (C=O) groups excluding carboxylic acids is 1. The second-order valence-corrected chi connectivity index (χ2v) is 9.16. The lowest BCUT2D eigenvalue weighted by atomic mass is 9.99. The number of carbonyl (C=O) groups is 1. The Bertz CT molecular complexity index is 1330. The highest BCUT2D eigenvalue weighted by molar-refractivity contribution is 6.31. The number of rotatable bonds is 5. The fourth-order valence-corrected chi connectivity index (χ4v) is 3.75. The second-order valence-electron chi connectivity index (χ2n) is 8.72. The fourth-order valence-electron chi connectivity index (χ4n) is 3.58. The standard InChI is InChI=1S/C26H24ClNO4/c1-26(2,3)32-24(29)21-15-20(27)11-10-19(21)13-18-9-12-22-23(14-18)31-25(30)28(22)16-17-7-5-4-6-8-17/h4-12,14-15H,13,16H2,1-3H3. The first-order valence-electron chi connectivity index (χ1n) is 10.4. The SMILES string of the molecule is CC(C)(C)OC(=O)c1cc(Cl)ccc1Cc1ccc2c(c1)oc(=O)n2Cc1ccccc1. The Morgan fingerprint density at radius 1 is 1.00 bits per heavy atom. The van der Waals surface area contributed by atoms with Crippen molar-refractivity contribution >= 4 is 28.7 Å². The van der Waals surface area contributed by atoms with Crippen molar-refractivity contribution in [3.05, 3.63) is 105 Å². The molecule has 0 fully saturated rings. The average molecular weight is 450 g/mol. The van der Waals surface area contributed by atoms with Gasteiger partial charge in [-0.05, 0) is 68.1 Å². The van der Waals surface area contributed by atoms with Gasteiger partial charge in [0.1, 0.15) is 5.60 Å². The van der Waals surface area contributed by atoms with E-state index < -0.39 is 17.3 Å². The molecule has 0 unspecified atom stereocenters. The third-order valence-corrected chi connectivity index (χ3v) is 5.24. The van der Waals surface area contributed by atoms with Gasteiger partial charge in [-0.15, -0.1) is 0 Å². The highest BCUT2D eigenvalue weighted by Crippen LogP contribution is 2.24. The van der Waals surface area contributed by atoms with Gasteiger partial charge in [-0.25, -0.2) is 9.59 Å². The van der Waals surface area contributed by atoms with Gasteiger partial charge in [-0.1, -0.05) is 54.1 Å². The highest BCUT2D eigenvalue weighted by atomic mass is 35.5. The smallest absolute Gasteiger partial charge is 0.420 e. The maximum absolute atomic E-state index is 12.7. The minimum Gasteiger partial charge on any atom is -0.456 e. The number of esters is 1. The molecule has 164 valence electrons. The van der Waals surface area contributed by atoms with Crippen LogP contribution in [-0.2, 0) is 17.7 Å². The molecule has 1 aromatic heterocycles. The van der Waals surface area contributed by atoms with Gasteiger partial charge in [0, 0.05) is 5.02 Å². The molecule has 0 N–H and O–H groups in total. The van der Waals surface area contributed by atoms with E-state index in [1.54, 1.807) is 16.7 Å². The zero-order valence-corrected chi connectivity index (χ0v) is 19.0. The molecule has 0 aliphatic carbocycles. The Morgan fingerprint density at radius 2 is 1.75 bits per heavy atom. The maximum atomic E-state index is 12.7. The van der Waals surface area contributed by atoms with E-state index in [0.717, 1.165) is 22.2 Å². The number of hydrogen-bond acceptors (Lipinski definition) is 4. The Balaban J connectivity index is 1.65. The maximum Gasteiger partial charge on any atom is 0.420 e. The molecule has 32 heavy (non-hydrogen) atoms. The van der Waals surface area contributed by atoms with Crippen molar-refractivity contribution in [1.82, 2.24) is 4.57 Å². The normalized spacial score (nSPS) is 11.6. The van der Waals surface area contributed by atoms with Gasteiger partial charge in [-0.3, -0.25) is 4.57 Å². The molecule has 4 rings (SSSR count). The van der Waals surface area contributed by atoms with E-state index in [4.69, 9.17) is 20.8 Å². The van der Waals surface area contributed by atoms with Crippen LogP contribution < -0.4 is 5.76 Å². The lowest BCUT2D eigenvalue weighted by Gasteiger charge is -2.20. The molecule has 0 atom stereocenters. The van der Waals surface area contributed by atoms with Gasteiger partial charge >= 0.3 is 11.7 Å². The van der Waals surface area contributed by atoms with Gasteiger partial charge in [0.05, 0.1) is 17.6 Å². The Morgan fingerprint density at radius 3 is 2.47 bits per heavy atom. The number of benzene rings is 3. The van der Waals surface area contributed by atoms with Crippen molar-refractivity contribution in [2.75, 3.05) is 0 Å². The lowest BCUT2D eigenvalue weighted by molar-refractivity contribution is 0.00685. The third-order valence-electron chi connectivity index (χ3n) is 5.00. The number of aromatic nitrogens is 1. The minimum atomic E-state index is -0.610. The highest BCUT2D eigenvalue weighted by Gasteiger charge is 2.21. The van der Waals surface area contributed by atoms with E-state index >= 15 is 0 Å². The lowest BCUT2D eigenvalue weighted by Crippen LogP contribution is -2.24. The third kappa shape index (κ3) is 4.94. The van der Waals surface area contributed by atoms with E-state index in [1.165, 1.54) is 0 Å².